The van der Waals surface area contributed by atoms with E-state index in [1.165, 1.54) is 0 Å². The molecule has 0 spiro atoms. The summed E-state index contributed by atoms with van der Waals surface area (Å²) in [5, 5.41) is 2.87. The lowest BCUT2D eigenvalue weighted by atomic mass is 9.97. The van der Waals surface area contributed by atoms with Crippen molar-refractivity contribution in [1.82, 2.24) is 10.2 Å². The molecule has 3 rings (SSSR count). The molecule has 2 amide bonds. The van der Waals surface area contributed by atoms with Crippen molar-refractivity contribution in [3.63, 3.8) is 0 Å². The van der Waals surface area contributed by atoms with Gasteiger partial charge in [0.1, 0.15) is 6.04 Å². The minimum absolute atomic E-state index is 0.0323. The highest BCUT2D eigenvalue weighted by atomic mass is 16.5. The van der Waals surface area contributed by atoms with Crippen LogP contribution in [-0.4, -0.2) is 55.7 Å². The van der Waals surface area contributed by atoms with E-state index in [9.17, 15) is 9.59 Å². The zero-order valence-corrected chi connectivity index (χ0v) is 14.7. The summed E-state index contributed by atoms with van der Waals surface area (Å²) in [4.78, 5) is 26.8. The van der Waals surface area contributed by atoms with Gasteiger partial charge >= 0.3 is 0 Å². The first kappa shape index (κ1) is 17.9. The fourth-order valence-electron chi connectivity index (χ4n) is 3.44. The van der Waals surface area contributed by atoms with Gasteiger partial charge in [-0.15, -0.1) is 0 Å². The predicted molar refractivity (Wildman–Crippen MR) is 93.1 cm³/mol. The Bertz CT molecular complexity index is 613. The van der Waals surface area contributed by atoms with Crippen LogP contribution >= 0.6 is 0 Å². The Hall–Kier alpha value is -1.92. The maximum Gasteiger partial charge on any atom is 0.247 e. The molecule has 6 heteroatoms. The summed E-state index contributed by atoms with van der Waals surface area (Å²) >= 11 is 0. The zero-order chi connectivity index (χ0) is 17.6. The van der Waals surface area contributed by atoms with Crippen molar-refractivity contribution < 1.29 is 19.1 Å². The van der Waals surface area contributed by atoms with Gasteiger partial charge in [0.05, 0.1) is 19.1 Å². The highest BCUT2D eigenvalue weighted by Gasteiger charge is 2.34. The Kier molecular flexibility index (Phi) is 6.04. The molecule has 1 atom stereocenters. The Balaban J connectivity index is 1.62. The van der Waals surface area contributed by atoms with Crippen LogP contribution in [0, 0.1) is 6.92 Å². The molecule has 25 heavy (non-hydrogen) atoms. The minimum Gasteiger partial charge on any atom is -0.381 e. The molecule has 2 heterocycles. The van der Waals surface area contributed by atoms with Crippen LogP contribution in [0.25, 0.3) is 0 Å². The number of amides is 2. The summed E-state index contributed by atoms with van der Waals surface area (Å²) < 4.78 is 11.1. The minimum atomic E-state index is -0.550. The van der Waals surface area contributed by atoms with Gasteiger partial charge in [0, 0.05) is 26.3 Å². The molecule has 1 unspecified atom stereocenters. The molecular weight excluding hydrogens is 320 g/mol. The molecule has 2 fully saturated rings. The standard InChI is InChI=1S/C19H26N2O4/c1-14-4-2-3-5-16(14)18-19(23)20-9-10-21(18)17(22)8-13-25-15-6-11-24-12-7-15/h2-5,15,18H,6-13H2,1H3,(H,20,23). The van der Waals surface area contributed by atoms with Crippen LogP contribution in [0.2, 0.25) is 0 Å². The number of rotatable bonds is 5. The van der Waals surface area contributed by atoms with Crippen molar-refractivity contribution in [2.75, 3.05) is 32.9 Å². The van der Waals surface area contributed by atoms with Crippen molar-refractivity contribution in [3.05, 3.63) is 35.4 Å². The highest BCUT2D eigenvalue weighted by molar-refractivity contribution is 5.90. The monoisotopic (exact) mass is 346 g/mol. The number of hydrogen-bond acceptors (Lipinski definition) is 4. The SMILES string of the molecule is Cc1ccccc1C1C(=O)NCCN1C(=O)CCOC1CCOCC1. The van der Waals surface area contributed by atoms with Crippen molar-refractivity contribution in [2.45, 2.75) is 38.3 Å². The summed E-state index contributed by atoms with van der Waals surface area (Å²) in [6, 6.07) is 7.18. The lowest BCUT2D eigenvalue weighted by molar-refractivity contribution is -0.145. The van der Waals surface area contributed by atoms with Crippen molar-refractivity contribution in [3.8, 4) is 0 Å². The molecule has 0 radical (unpaired) electrons. The van der Waals surface area contributed by atoms with E-state index in [2.05, 4.69) is 5.32 Å². The molecule has 2 saturated heterocycles. The van der Waals surface area contributed by atoms with Gasteiger partial charge in [0.2, 0.25) is 11.8 Å². The van der Waals surface area contributed by atoms with E-state index in [0.717, 1.165) is 37.2 Å². The van der Waals surface area contributed by atoms with E-state index in [-0.39, 0.29) is 17.9 Å². The Morgan fingerprint density at radius 3 is 2.84 bits per heavy atom. The van der Waals surface area contributed by atoms with Gasteiger partial charge in [-0.3, -0.25) is 9.59 Å². The van der Waals surface area contributed by atoms with E-state index in [1.807, 2.05) is 31.2 Å². The number of benzene rings is 1. The van der Waals surface area contributed by atoms with Crippen LogP contribution in [0.5, 0.6) is 0 Å². The maximum absolute atomic E-state index is 12.7. The molecule has 6 nitrogen and oxygen atoms in total. The topological polar surface area (TPSA) is 67.9 Å². The summed E-state index contributed by atoms with van der Waals surface area (Å²) in [6.07, 6.45) is 2.24. The smallest absolute Gasteiger partial charge is 0.247 e. The number of hydrogen-bond donors (Lipinski definition) is 1. The van der Waals surface area contributed by atoms with Gasteiger partial charge in [-0.25, -0.2) is 0 Å². The first-order valence-electron chi connectivity index (χ1n) is 8.99. The molecule has 0 saturated carbocycles. The average Bonchev–Trinajstić information content (AvgIpc) is 2.63. The number of carbonyl (C=O) groups excluding carboxylic acids is 2. The number of piperazine rings is 1. The second kappa shape index (κ2) is 8.45. The molecule has 0 aromatic heterocycles. The fraction of sp³-hybridized carbons (Fsp3) is 0.579. The second-order valence-electron chi connectivity index (χ2n) is 6.57. The third-order valence-electron chi connectivity index (χ3n) is 4.85. The molecule has 0 bridgehead atoms. The Morgan fingerprint density at radius 2 is 2.08 bits per heavy atom. The molecule has 2 aliphatic heterocycles. The van der Waals surface area contributed by atoms with Gasteiger partial charge in [0.25, 0.3) is 0 Å². The van der Waals surface area contributed by atoms with Crippen LogP contribution in [0.1, 0.15) is 36.4 Å². The van der Waals surface area contributed by atoms with Crippen LogP contribution < -0.4 is 5.32 Å². The lowest BCUT2D eigenvalue weighted by Gasteiger charge is -2.36. The molecule has 2 aliphatic rings. The summed E-state index contributed by atoms with van der Waals surface area (Å²) in [6.45, 7) is 4.82. The summed E-state index contributed by atoms with van der Waals surface area (Å²) in [5.74, 6) is -0.144. The third kappa shape index (κ3) is 4.38. The molecule has 0 aliphatic carbocycles. The van der Waals surface area contributed by atoms with Crippen molar-refractivity contribution in [2.24, 2.45) is 0 Å². The lowest BCUT2D eigenvalue weighted by Crippen LogP contribution is -2.52. The normalized spacial score (nSPS) is 21.9. The second-order valence-corrected chi connectivity index (χ2v) is 6.57. The number of nitrogens with one attached hydrogen (secondary N) is 1. The first-order chi connectivity index (χ1) is 12.2. The van der Waals surface area contributed by atoms with Crippen LogP contribution in [-0.2, 0) is 19.1 Å². The van der Waals surface area contributed by atoms with Gasteiger partial charge in [-0.2, -0.15) is 0 Å². The molecule has 1 aromatic rings. The van der Waals surface area contributed by atoms with E-state index in [1.54, 1.807) is 4.90 Å². The number of nitrogens with zero attached hydrogens (tertiary/aromatic N) is 1. The number of ether oxygens (including phenoxy) is 2. The van der Waals surface area contributed by atoms with E-state index >= 15 is 0 Å². The highest BCUT2D eigenvalue weighted by Crippen LogP contribution is 2.26. The van der Waals surface area contributed by atoms with Crippen LogP contribution in [0.3, 0.4) is 0 Å². The van der Waals surface area contributed by atoms with Gasteiger partial charge in [-0.1, -0.05) is 24.3 Å². The third-order valence-corrected chi connectivity index (χ3v) is 4.85. The summed E-state index contributed by atoms with van der Waals surface area (Å²) in [5.41, 5.74) is 1.90. The summed E-state index contributed by atoms with van der Waals surface area (Å²) in [7, 11) is 0. The number of aryl methyl sites for hydroxylation is 1. The molecular formula is C19H26N2O4. The van der Waals surface area contributed by atoms with Gasteiger partial charge < -0.3 is 19.7 Å². The first-order valence-corrected chi connectivity index (χ1v) is 8.99. The largest absolute Gasteiger partial charge is 0.381 e. The van der Waals surface area contributed by atoms with E-state index in [4.69, 9.17) is 9.47 Å². The molecule has 1 aromatic carbocycles. The Labute approximate surface area is 148 Å². The Morgan fingerprint density at radius 1 is 1.32 bits per heavy atom. The predicted octanol–water partition coefficient (Wildman–Crippen LogP) is 1.58. The van der Waals surface area contributed by atoms with Crippen molar-refractivity contribution >= 4 is 11.8 Å². The maximum atomic E-state index is 12.7. The van der Waals surface area contributed by atoms with E-state index < -0.39 is 6.04 Å². The van der Waals surface area contributed by atoms with Crippen LogP contribution in [0.4, 0.5) is 0 Å². The zero-order valence-electron chi connectivity index (χ0n) is 14.7. The fourth-order valence-corrected chi connectivity index (χ4v) is 3.44. The average molecular weight is 346 g/mol. The van der Waals surface area contributed by atoms with Crippen LogP contribution in [0.15, 0.2) is 24.3 Å². The number of carbonyl (C=O) groups is 2. The molecule has 136 valence electrons. The van der Waals surface area contributed by atoms with Gasteiger partial charge in [0.15, 0.2) is 0 Å². The molecule has 1 N–H and O–H groups in total. The quantitative estimate of drug-likeness (QED) is 0.879. The van der Waals surface area contributed by atoms with Crippen molar-refractivity contribution in [1.29, 1.82) is 0 Å². The van der Waals surface area contributed by atoms with E-state index in [0.29, 0.717) is 26.1 Å². The van der Waals surface area contributed by atoms with Gasteiger partial charge in [-0.05, 0) is 30.9 Å².